The molecule has 170 valence electrons. The number of furan rings is 1. The quantitative estimate of drug-likeness (QED) is 0.328. The highest BCUT2D eigenvalue weighted by atomic mass is 32.2. The number of benzene rings is 1. The average molecular weight is 485 g/mol. The molecule has 12 heteroatoms. The molecule has 1 aromatic carbocycles. The van der Waals surface area contributed by atoms with Crippen LogP contribution >= 0.6 is 23.1 Å². The van der Waals surface area contributed by atoms with Gasteiger partial charge in [-0.25, -0.2) is 4.98 Å². The van der Waals surface area contributed by atoms with Crippen molar-refractivity contribution in [3.8, 4) is 11.4 Å². The van der Waals surface area contributed by atoms with Crippen molar-refractivity contribution in [3.05, 3.63) is 65.8 Å². The summed E-state index contributed by atoms with van der Waals surface area (Å²) < 4.78 is 12.4. The van der Waals surface area contributed by atoms with E-state index in [-0.39, 0.29) is 29.9 Å². The highest BCUT2D eigenvalue weighted by Crippen LogP contribution is 2.24. The summed E-state index contributed by atoms with van der Waals surface area (Å²) >= 11 is 2.58. The molecule has 3 heterocycles. The molecule has 4 aromatic rings. The number of amides is 2. The molecule has 0 saturated carbocycles. The van der Waals surface area contributed by atoms with Gasteiger partial charge in [0.1, 0.15) is 5.75 Å². The number of nitrogens with one attached hydrogen (secondary N) is 2. The van der Waals surface area contributed by atoms with Crippen molar-refractivity contribution < 1.29 is 18.7 Å². The summed E-state index contributed by atoms with van der Waals surface area (Å²) in [4.78, 5) is 28.6. The van der Waals surface area contributed by atoms with Crippen molar-refractivity contribution >= 4 is 40.0 Å². The van der Waals surface area contributed by atoms with Crippen molar-refractivity contribution in [2.45, 2.75) is 18.6 Å². The number of ether oxygens (including phenoxy) is 1. The lowest BCUT2D eigenvalue weighted by atomic mass is 10.3. The van der Waals surface area contributed by atoms with Crippen LogP contribution in [0.25, 0.3) is 5.69 Å². The Morgan fingerprint density at radius 1 is 1.21 bits per heavy atom. The third kappa shape index (κ3) is 5.79. The molecule has 2 N–H and O–H groups in total. The first kappa shape index (κ1) is 22.6. The van der Waals surface area contributed by atoms with Crippen molar-refractivity contribution in [1.29, 1.82) is 0 Å². The average Bonchev–Trinajstić information content (AvgIpc) is 3.59. The lowest BCUT2D eigenvalue weighted by Crippen LogP contribution is -2.24. The molecule has 0 unspecified atom stereocenters. The molecule has 0 aliphatic heterocycles. The van der Waals surface area contributed by atoms with Gasteiger partial charge in [0.05, 0.1) is 25.2 Å². The Bertz CT molecular complexity index is 1190. The van der Waals surface area contributed by atoms with Crippen LogP contribution in [0.4, 0.5) is 5.13 Å². The van der Waals surface area contributed by atoms with E-state index in [9.17, 15) is 9.59 Å². The monoisotopic (exact) mass is 484 g/mol. The second kappa shape index (κ2) is 10.8. The van der Waals surface area contributed by atoms with Crippen LogP contribution in [0.3, 0.4) is 0 Å². The van der Waals surface area contributed by atoms with E-state index in [2.05, 4.69) is 25.8 Å². The zero-order chi connectivity index (χ0) is 23.0. The van der Waals surface area contributed by atoms with Crippen molar-refractivity contribution in [2.24, 2.45) is 0 Å². The van der Waals surface area contributed by atoms with Crippen LogP contribution in [0.2, 0.25) is 0 Å². The number of nitrogens with zero attached hydrogens (tertiary/aromatic N) is 4. The highest BCUT2D eigenvalue weighted by molar-refractivity contribution is 7.99. The fourth-order valence-corrected chi connectivity index (χ4v) is 4.17. The second-order valence-corrected chi connectivity index (χ2v) is 8.33. The van der Waals surface area contributed by atoms with Gasteiger partial charge < -0.3 is 19.8 Å². The summed E-state index contributed by atoms with van der Waals surface area (Å²) in [6, 6.07) is 10.6. The van der Waals surface area contributed by atoms with E-state index in [4.69, 9.17) is 9.15 Å². The summed E-state index contributed by atoms with van der Waals surface area (Å²) in [6.07, 6.45) is 3.06. The standard InChI is InChI=1S/C21H20N6O4S2/c1-2-30-15-7-5-14(6-8-15)27-17(12-23-19(29)16-4-3-10-31-16)25-26-21(27)33-13-18(28)24-20-22-9-11-32-20/h3-11H,2,12-13H2,1H3,(H,23,29)(H,22,24,28). The molecule has 10 nitrogen and oxygen atoms in total. The van der Waals surface area contributed by atoms with Crippen LogP contribution in [0.1, 0.15) is 23.3 Å². The summed E-state index contributed by atoms with van der Waals surface area (Å²) in [5, 5.41) is 16.8. The van der Waals surface area contributed by atoms with Crippen molar-refractivity contribution in [2.75, 3.05) is 17.7 Å². The summed E-state index contributed by atoms with van der Waals surface area (Å²) in [5.41, 5.74) is 0.772. The van der Waals surface area contributed by atoms with Crippen LogP contribution in [0.15, 0.2) is 63.8 Å². The minimum atomic E-state index is -0.363. The van der Waals surface area contributed by atoms with E-state index >= 15 is 0 Å². The van der Waals surface area contributed by atoms with E-state index < -0.39 is 0 Å². The molecule has 0 aliphatic rings. The second-order valence-electron chi connectivity index (χ2n) is 6.50. The van der Waals surface area contributed by atoms with Gasteiger partial charge in [-0.2, -0.15) is 0 Å². The number of anilines is 1. The molecule has 0 bridgehead atoms. The number of thiazole rings is 1. The number of aromatic nitrogens is 4. The molecular formula is C21H20N6O4S2. The number of thioether (sulfide) groups is 1. The Morgan fingerprint density at radius 3 is 2.76 bits per heavy atom. The van der Waals surface area contributed by atoms with Crippen LogP contribution in [0.5, 0.6) is 5.75 Å². The largest absolute Gasteiger partial charge is 0.494 e. The molecule has 0 fully saturated rings. The summed E-state index contributed by atoms with van der Waals surface area (Å²) in [7, 11) is 0. The topological polar surface area (TPSA) is 124 Å². The Balaban J connectivity index is 1.52. The predicted octanol–water partition coefficient (Wildman–Crippen LogP) is 3.38. The van der Waals surface area contributed by atoms with E-state index in [1.807, 2.05) is 31.2 Å². The molecule has 4 rings (SSSR count). The first-order valence-electron chi connectivity index (χ1n) is 9.95. The van der Waals surface area contributed by atoms with Gasteiger partial charge in [-0.3, -0.25) is 14.2 Å². The van der Waals surface area contributed by atoms with Crippen LogP contribution in [0, 0.1) is 0 Å². The smallest absolute Gasteiger partial charge is 0.287 e. The number of carbonyl (C=O) groups is 2. The Kier molecular flexibility index (Phi) is 7.37. The normalized spacial score (nSPS) is 10.7. The molecular weight excluding hydrogens is 464 g/mol. The van der Waals surface area contributed by atoms with Crippen molar-refractivity contribution in [1.82, 2.24) is 25.1 Å². The maximum Gasteiger partial charge on any atom is 0.287 e. The van der Waals surface area contributed by atoms with Gasteiger partial charge in [-0.15, -0.1) is 21.5 Å². The maximum absolute atomic E-state index is 12.3. The fraction of sp³-hybridized carbons (Fsp3) is 0.190. The molecule has 0 spiro atoms. The van der Waals surface area contributed by atoms with E-state index in [1.54, 1.807) is 28.3 Å². The summed E-state index contributed by atoms with van der Waals surface area (Å²) in [6.45, 7) is 2.59. The number of rotatable bonds is 10. The lowest BCUT2D eigenvalue weighted by Gasteiger charge is -2.11. The van der Waals surface area contributed by atoms with Crippen molar-refractivity contribution in [3.63, 3.8) is 0 Å². The number of carbonyl (C=O) groups excluding carboxylic acids is 2. The van der Waals surface area contributed by atoms with E-state index in [1.165, 1.54) is 29.4 Å². The molecule has 0 saturated heterocycles. The first-order chi connectivity index (χ1) is 16.1. The van der Waals surface area contributed by atoms with Gasteiger partial charge in [0, 0.05) is 17.3 Å². The zero-order valence-electron chi connectivity index (χ0n) is 17.6. The van der Waals surface area contributed by atoms with Crippen LogP contribution < -0.4 is 15.4 Å². The third-order valence-corrected chi connectivity index (χ3v) is 5.89. The van der Waals surface area contributed by atoms with Gasteiger partial charge in [-0.1, -0.05) is 11.8 Å². The third-order valence-electron chi connectivity index (χ3n) is 4.27. The van der Waals surface area contributed by atoms with Gasteiger partial charge in [0.2, 0.25) is 5.91 Å². The van der Waals surface area contributed by atoms with Gasteiger partial charge >= 0.3 is 0 Å². The lowest BCUT2D eigenvalue weighted by molar-refractivity contribution is -0.113. The van der Waals surface area contributed by atoms with E-state index in [0.29, 0.717) is 22.7 Å². The van der Waals surface area contributed by atoms with Gasteiger partial charge in [0.15, 0.2) is 21.9 Å². The summed E-state index contributed by atoms with van der Waals surface area (Å²) in [5.74, 6) is 0.992. The maximum atomic E-state index is 12.3. The minimum absolute atomic E-state index is 0.117. The number of hydrogen-bond acceptors (Lipinski definition) is 9. The zero-order valence-corrected chi connectivity index (χ0v) is 19.2. The van der Waals surface area contributed by atoms with E-state index in [0.717, 1.165) is 11.4 Å². The highest BCUT2D eigenvalue weighted by Gasteiger charge is 2.18. The molecule has 0 aliphatic carbocycles. The fourth-order valence-electron chi connectivity index (χ4n) is 2.85. The van der Waals surface area contributed by atoms with Gasteiger partial charge in [-0.05, 0) is 43.3 Å². The number of hydrogen-bond donors (Lipinski definition) is 2. The molecule has 0 radical (unpaired) electrons. The molecule has 0 atom stereocenters. The first-order valence-corrected chi connectivity index (χ1v) is 11.8. The predicted molar refractivity (Wildman–Crippen MR) is 124 cm³/mol. The molecule has 33 heavy (non-hydrogen) atoms. The molecule has 3 aromatic heterocycles. The Labute approximate surface area is 197 Å². The Morgan fingerprint density at radius 2 is 2.06 bits per heavy atom. The van der Waals surface area contributed by atoms with Crippen LogP contribution in [-0.2, 0) is 11.3 Å². The van der Waals surface area contributed by atoms with Crippen LogP contribution in [-0.4, -0.2) is 43.9 Å². The SMILES string of the molecule is CCOc1ccc(-n2c(CNC(=O)c3ccco3)nnc2SCC(=O)Nc2nccs2)cc1. The molecule has 2 amide bonds. The Hall–Kier alpha value is -3.64. The minimum Gasteiger partial charge on any atom is -0.494 e. The van der Waals surface area contributed by atoms with Gasteiger partial charge in [0.25, 0.3) is 5.91 Å².